The normalized spacial score (nSPS) is 10.5. The molecule has 2 aromatic rings. The van der Waals surface area contributed by atoms with Crippen molar-refractivity contribution < 1.29 is 14.3 Å². The Hall–Kier alpha value is -1.70. The first kappa shape index (κ1) is 19.6. The van der Waals surface area contributed by atoms with Gasteiger partial charge in [-0.05, 0) is 24.6 Å². The third kappa shape index (κ3) is 4.90. The van der Waals surface area contributed by atoms with Crippen LogP contribution < -0.4 is 11.1 Å². The van der Waals surface area contributed by atoms with E-state index >= 15 is 0 Å². The smallest absolute Gasteiger partial charge is 0.341 e. The topological polar surface area (TPSA) is 81.4 Å². The summed E-state index contributed by atoms with van der Waals surface area (Å²) in [5, 5.41) is 3.58. The van der Waals surface area contributed by atoms with Crippen LogP contribution in [0.4, 0.5) is 5.00 Å². The summed E-state index contributed by atoms with van der Waals surface area (Å²) in [7, 11) is 1.55. The van der Waals surface area contributed by atoms with Crippen molar-refractivity contribution in [2.75, 3.05) is 19.4 Å². The second-order valence-electron chi connectivity index (χ2n) is 5.07. The van der Waals surface area contributed by atoms with E-state index in [1.54, 1.807) is 25.7 Å². The van der Waals surface area contributed by atoms with Crippen molar-refractivity contribution in [1.82, 2.24) is 5.32 Å². The molecule has 0 radical (unpaired) electrons. The van der Waals surface area contributed by atoms with Crippen molar-refractivity contribution in [3.8, 4) is 0 Å². The quantitative estimate of drug-likeness (QED) is 0.690. The van der Waals surface area contributed by atoms with Crippen molar-refractivity contribution in [2.45, 2.75) is 18.4 Å². The number of carbonyl (C=O) groups excluding carboxylic acids is 2. The highest BCUT2D eigenvalue weighted by Crippen LogP contribution is 2.35. The molecule has 0 bridgehead atoms. The molecule has 1 amide bonds. The molecule has 25 heavy (non-hydrogen) atoms. The summed E-state index contributed by atoms with van der Waals surface area (Å²) in [6.45, 7) is 1.98. The maximum atomic E-state index is 12.2. The van der Waals surface area contributed by atoms with E-state index in [0.29, 0.717) is 31.8 Å². The Balaban J connectivity index is 2.22. The monoisotopic (exact) mass is 398 g/mol. The van der Waals surface area contributed by atoms with Crippen LogP contribution in [0.2, 0.25) is 5.02 Å². The Morgan fingerprint density at radius 2 is 1.96 bits per heavy atom. The number of nitrogens with two attached hydrogens (primary N) is 1. The van der Waals surface area contributed by atoms with Gasteiger partial charge in [0.1, 0.15) is 5.00 Å². The third-order valence-corrected chi connectivity index (χ3v) is 5.72. The molecule has 2 rings (SSSR count). The lowest BCUT2D eigenvalue weighted by molar-refractivity contribution is 0.0527. The van der Waals surface area contributed by atoms with Gasteiger partial charge in [0.15, 0.2) is 0 Å². The van der Waals surface area contributed by atoms with Crippen LogP contribution in [0, 0.1) is 0 Å². The molecule has 0 fully saturated rings. The molecule has 1 heterocycles. The average Bonchev–Trinajstić information content (AvgIpc) is 2.92. The number of rotatable bonds is 7. The van der Waals surface area contributed by atoms with Crippen molar-refractivity contribution in [2.24, 2.45) is 0 Å². The number of halogens is 1. The van der Waals surface area contributed by atoms with E-state index in [1.807, 2.05) is 24.3 Å². The molecule has 5 nitrogen and oxygen atoms in total. The summed E-state index contributed by atoms with van der Waals surface area (Å²) >= 11 is 8.59. The molecular formula is C17H19ClN2O3S2. The minimum Gasteiger partial charge on any atom is -0.462 e. The number of esters is 1. The Labute approximate surface area is 159 Å². The molecule has 3 N–H and O–H groups in total. The summed E-state index contributed by atoms with van der Waals surface area (Å²) < 4.78 is 5.09. The van der Waals surface area contributed by atoms with Gasteiger partial charge in [0, 0.05) is 29.1 Å². The average molecular weight is 399 g/mol. The molecule has 0 aliphatic carbocycles. The number of carbonyl (C=O) groups is 2. The Morgan fingerprint density at radius 1 is 1.28 bits per heavy atom. The predicted octanol–water partition coefficient (Wildman–Crippen LogP) is 3.95. The second kappa shape index (κ2) is 9.12. The van der Waals surface area contributed by atoms with Gasteiger partial charge in [0.05, 0.1) is 17.0 Å². The minimum atomic E-state index is -0.492. The lowest BCUT2D eigenvalue weighted by Gasteiger charge is -2.08. The number of nitrogens with one attached hydrogen (secondary N) is 1. The number of ether oxygens (including phenoxy) is 1. The summed E-state index contributed by atoms with van der Waals surface area (Å²) in [5.74, 6) is 0.457. The summed E-state index contributed by atoms with van der Waals surface area (Å²) in [6.07, 6.45) is 0. The van der Waals surface area contributed by atoms with E-state index in [1.165, 1.54) is 0 Å². The molecular weight excluding hydrogens is 380 g/mol. The highest BCUT2D eigenvalue weighted by atomic mass is 35.5. The highest BCUT2D eigenvalue weighted by molar-refractivity contribution is 7.97. The van der Waals surface area contributed by atoms with Crippen molar-refractivity contribution >= 4 is 51.6 Å². The first-order valence-corrected chi connectivity index (χ1v) is 9.95. The van der Waals surface area contributed by atoms with Crippen LogP contribution in [0.5, 0.6) is 0 Å². The van der Waals surface area contributed by atoms with Crippen LogP contribution in [0.1, 0.15) is 38.1 Å². The number of amides is 1. The summed E-state index contributed by atoms with van der Waals surface area (Å²) in [6, 6.07) is 7.56. The van der Waals surface area contributed by atoms with Crippen LogP contribution in [-0.2, 0) is 16.2 Å². The first-order valence-electron chi connectivity index (χ1n) is 7.60. The number of nitrogen functional groups attached to an aromatic ring is 1. The minimum absolute atomic E-state index is 0.251. The number of hydrogen-bond donors (Lipinski definition) is 2. The number of benzene rings is 1. The molecule has 0 aliphatic heterocycles. The van der Waals surface area contributed by atoms with Crippen LogP contribution >= 0.6 is 34.7 Å². The molecule has 1 aromatic heterocycles. The fraction of sp³-hybridized carbons (Fsp3) is 0.294. The molecule has 0 saturated heterocycles. The van der Waals surface area contributed by atoms with Gasteiger partial charge in [-0.2, -0.15) is 11.8 Å². The molecule has 1 aromatic carbocycles. The first-order chi connectivity index (χ1) is 12.0. The van der Waals surface area contributed by atoms with Gasteiger partial charge in [-0.3, -0.25) is 4.79 Å². The van der Waals surface area contributed by atoms with Crippen LogP contribution in [-0.4, -0.2) is 25.5 Å². The van der Waals surface area contributed by atoms with E-state index in [4.69, 9.17) is 22.1 Å². The van der Waals surface area contributed by atoms with Crippen LogP contribution in [0.15, 0.2) is 24.3 Å². The van der Waals surface area contributed by atoms with Gasteiger partial charge in [-0.1, -0.05) is 23.7 Å². The van der Waals surface area contributed by atoms with Crippen LogP contribution in [0.25, 0.3) is 0 Å². The van der Waals surface area contributed by atoms with E-state index in [0.717, 1.165) is 22.7 Å². The summed E-state index contributed by atoms with van der Waals surface area (Å²) in [5.41, 5.74) is 8.01. The lowest BCUT2D eigenvalue weighted by atomic mass is 10.1. The van der Waals surface area contributed by atoms with Crippen molar-refractivity contribution in [3.63, 3.8) is 0 Å². The maximum Gasteiger partial charge on any atom is 0.341 e. The van der Waals surface area contributed by atoms with E-state index in [2.05, 4.69) is 5.32 Å². The molecule has 8 heteroatoms. The van der Waals surface area contributed by atoms with Gasteiger partial charge in [-0.15, -0.1) is 11.3 Å². The van der Waals surface area contributed by atoms with Crippen molar-refractivity contribution in [3.05, 3.63) is 50.9 Å². The van der Waals surface area contributed by atoms with Gasteiger partial charge in [-0.25, -0.2) is 4.79 Å². The SMILES string of the molecule is CCOC(=O)c1c(N)sc(C(=O)NC)c1CSCc1ccc(Cl)cc1. The van der Waals surface area contributed by atoms with Gasteiger partial charge >= 0.3 is 5.97 Å². The Kier molecular flexibility index (Phi) is 7.16. The zero-order valence-corrected chi connectivity index (χ0v) is 16.3. The number of hydrogen-bond acceptors (Lipinski definition) is 6. The van der Waals surface area contributed by atoms with Crippen molar-refractivity contribution in [1.29, 1.82) is 0 Å². The number of thiophene rings is 1. The predicted molar refractivity (Wildman–Crippen MR) is 105 cm³/mol. The number of anilines is 1. The zero-order chi connectivity index (χ0) is 18.4. The standard InChI is InChI=1S/C17H19ClN2O3S2/c1-3-23-17(22)13-12(14(16(21)20-2)25-15(13)19)9-24-8-10-4-6-11(18)7-5-10/h4-7H,3,8-9,19H2,1-2H3,(H,20,21). The van der Waals surface area contributed by atoms with E-state index in [-0.39, 0.29) is 12.5 Å². The maximum absolute atomic E-state index is 12.2. The largest absolute Gasteiger partial charge is 0.462 e. The molecule has 0 atom stereocenters. The third-order valence-electron chi connectivity index (χ3n) is 3.38. The highest BCUT2D eigenvalue weighted by Gasteiger charge is 2.26. The van der Waals surface area contributed by atoms with E-state index < -0.39 is 5.97 Å². The van der Waals surface area contributed by atoms with Crippen LogP contribution in [0.3, 0.4) is 0 Å². The fourth-order valence-corrected chi connectivity index (χ4v) is 4.46. The molecule has 134 valence electrons. The Bertz CT molecular complexity index is 760. The Morgan fingerprint density at radius 3 is 2.56 bits per heavy atom. The molecule has 0 aliphatic rings. The molecule has 0 saturated carbocycles. The number of thioether (sulfide) groups is 1. The fourth-order valence-electron chi connectivity index (χ4n) is 2.20. The molecule has 0 unspecified atom stereocenters. The molecule has 0 spiro atoms. The van der Waals surface area contributed by atoms with Gasteiger partial charge in [0.2, 0.25) is 0 Å². The zero-order valence-electron chi connectivity index (χ0n) is 13.9. The second-order valence-corrected chi connectivity index (χ2v) is 7.54. The summed E-state index contributed by atoms with van der Waals surface area (Å²) in [4.78, 5) is 24.8. The van der Waals surface area contributed by atoms with Gasteiger partial charge < -0.3 is 15.8 Å². The van der Waals surface area contributed by atoms with Gasteiger partial charge in [0.25, 0.3) is 5.91 Å². The lowest BCUT2D eigenvalue weighted by Crippen LogP contribution is -2.18. The van der Waals surface area contributed by atoms with E-state index in [9.17, 15) is 9.59 Å².